The fourth-order valence-electron chi connectivity index (χ4n) is 2.84. The standard InChI is InChI=1S/C15H21N3O4S/c19-18(20)14-3-5-15(6-4-14)23(21,22)17-9-7-13(8-10-17)16-11-12-1-2-12/h3-6,12-13,16H,1-2,7-11H2. The van der Waals surface area contributed by atoms with Crippen LogP contribution in [0.2, 0.25) is 0 Å². The molecule has 0 amide bonds. The highest BCUT2D eigenvalue weighted by Crippen LogP contribution is 2.28. The van der Waals surface area contributed by atoms with Crippen molar-refractivity contribution in [1.29, 1.82) is 0 Å². The van der Waals surface area contributed by atoms with E-state index in [0.717, 1.165) is 25.3 Å². The summed E-state index contributed by atoms with van der Waals surface area (Å²) in [7, 11) is -3.56. The third-order valence-electron chi connectivity index (χ3n) is 4.53. The molecule has 1 saturated carbocycles. The molecule has 1 heterocycles. The molecule has 126 valence electrons. The largest absolute Gasteiger partial charge is 0.314 e. The van der Waals surface area contributed by atoms with Crippen LogP contribution < -0.4 is 5.32 Å². The molecule has 1 aromatic carbocycles. The molecule has 1 aromatic rings. The SMILES string of the molecule is O=[N+]([O-])c1ccc(S(=O)(=O)N2CCC(NCC3CC3)CC2)cc1. The first-order valence-corrected chi connectivity index (χ1v) is 9.39. The van der Waals surface area contributed by atoms with Crippen molar-refractivity contribution in [1.82, 2.24) is 9.62 Å². The summed E-state index contributed by atoms with van der Waals surface area (Å²) in [5.74, 6) is 0.817. The molecule has 1 N–H and O–H groups in total. The Morgan fingerprint density at radius 3 is 2.26 bits per heavy atom. The van der Waals surface area contributed by atoms with E-state index in [2.05, 4.69) is 5.32 Å². The van der Waals surface area contributed by atoms with Crippen molar-refractivity contribution in [2.45, 2.75) is 36.6 Å². The molecule has 0 atom stereocenters. The van der Waals surface area contributed by atoms with E-state index in [1.165, 1.54) is 41.4 Å². The molecule has 0 unspecified atom stereocenters. The molecular formula is C15H21N3O4S. The van der Waals surface area contributed by atoms with Crippen LogP contribution in [0.5, 0.6) is 0 Å². The average molecular weight is 339 g/mol. The average Bonchev–Trinajstić information content (AvgIpc) is 3.38. The van der Waals surface area contributed by atoms with E-state index in [9.17, 15) is 18.5 Å². The molecule has 23 heavy (non-hydrogen) atoms. The number of non-ortho nitro benzene ring substituents is 1. The van der Waals surface area contributed by atoms with Gasteiger partial charge in [0.25, 0.3) is 5.69 Å². The molecule has 3 rings (SSSR count). The number of rotatable bonds is 6. The molecule has 1 aliphatic carbocycles. The third kappa shape index (κ3) is 3.88. The lowest BCUT2D eigenvalue weighted by atomic mass is 10.1. The molecular weight excluding hydrogens is 318 g/mol. The van der Waals surface area contributed by atoms with Crippen molar-refractivity contribution >= 4 is 15.7 Å². The minimum Gasteiger partial charge on any atom is -0.314 e. The topological polar surface area (TPSA) is 92.5 Å². The molecule has 2 aliphatic rings. The van der Waals surface area contributed by atoms with Crippen LogP contribution in [0.1, 0.15) is 25.7 Å². The number of nitrogens with zero attached hydrogens (tertiary/aromatic N) is 2. The van der Waals surface area contributed by atoms with E-state index in [1.807, 2.05) is 0 Å². The zero-order valence-electron chi connectivity index (χ0n) is 12.8. The molecule has 2 fully saturated rings. The Labute approximate surface area is 135 Å². The van der Waals surface area contributed by atoms with Crippen LogP contribution in [0.25, 0.3) is 0 Å². The minimum atomic E-state index is -3.56. The summed E-state index contributed by atoms with van der Waals surface area (Å²) in [6, 6.07) is 5.47. The van der Waals surface area contributed by atoms with Gasteiger partial charge in [0.1, 0.15) is 0 Å². The monoisotopic (exact) mass is 339 g/mol. The normalized spacial score (nSPS) is 20.5. The Morgan fingerprint density at radius 2 is 1.74 bits per heavy atom. The van der Waals surface area contributed by atoms with Gasteiger partial charge in [0, 0.05) is 31.3 Å². The molecule has 0 aromatic heterocycles. The van der Waals surface area contributed by atoms with E-state index in [0.29, 0.717) is 19.1 Å². The summed E-state index contributed by atoms with van der Waals surface area (Å²) in [4.78, 5) is 10.2. The van der Waals surface area contributed by atoms with Gasteiger partial charge < -0.3 is 5.32 Å². The Morgan fingerprint density at radius 1 is 1.13 bits per heavy atom. The van der Waals surface area contributed by atoms with E-state index in [1.54, 1.807) is 0 Å². The van der Waals surface area contributed by atoms with Gasteiger partial charge in [-0.2, -0.15) is 4.31 Å². The van der Waals surface area contributed by atoms with Gasteiger partial charge >= 0.3 is 0 Å². The maximum Gasteiger partial charge on any atom is 0.269 e. The van der Waals surface area contributed by atoms with Gasteiger partial charge in [0.2, 0.25) is 10.0 Å². The molecule has 0 bridgehead atoms. The van der Waals surface area contributed by atoms with Crippen molar-refractivity contribution < 1.29 is 13.3 Å². The number of hydrogen-bond acceptors (Lipinski definition) is 5. The first-order chi connectivity index (χ1) is 11.0. The number of hydrogen-bond donors (Lipinski definition) is 1. The van der Waals surface area contributed by atoms with Crippen molar-refractivity contribution in [3.05, 3.63) is 34.4 Å². The predicted molar refractivity (Wildman–Crippen MR) is 85.6 cm³/mol. The number of sulfonamides is 1. The van der Waals surface area contributed by atoms with Crippen LogP contribution in [0.15, 0.2) is 29.2 Å². The number of piperidine rings is 1. The smallest absolute Gasteiger partial charge is 0.269 e. The molecule has 0 radical (unpaired) electrons. The third-order valence-corrected chi connectivity index (χ3v) is 6.44. The van der Waals surface area contributed by atoms with Crippen LogP contribution >= 0.6 is 0 Å². The van der Waals surface area contributed by atoms with Crippen LogP contribution in [-0.4, -0.2) is 43.3 Å². The van der Waals surface area contributed by atoms with Crippen molar-refractivity contribution in [2.75, 3.05) is 19.6 Å². The van der Waals surface area contributed by atoms with Gasteiger partial charge in [-0.05, 0) is 50.3 Å². The number of benzene rings is 1. The van der Waals surface area contributed by atoms with Crippen molar-refractivity contribution in [2.24, 2.45) is 5.92 Å². The van der Waals surface area contributed by atoms with Gasteiger partial charge in [0.05, 0.1) is 9.82 Å². The van der Waals surface area contributed by atoms with Crippen LogP contribution in [0, 0.1) is 16.0 Å². The lowest BCUT2D eigenvalue weighted by Crippen LogP contribution is -2.45. The van der Waals surface area contributed by atoms with E-state index in [4.69, 9.17) is 0 Å². The highest BCUT2D eigenvalue weighted by molar-refractivity contribution is 7.89. The van der Waals surface area contributed by atoms with Crippen LogP contribution in [0.4, 0.5) is 5.69 Å². The van der Waals surface area contributed by atoms with Crippen molar-refractivity contribution in [3.8, 4) is 0 Å². The van der Waals surface area contributed by atoms with Gasteiger partial charge in [-0.3, -0.25) is 10.1 Å². The Hall–Kier alpha value is -1.51. The zero-order valence-corrected chi connectivity index (χ0v) is 13.7. The molecule has 8 heteroatoms. The van der Waals surface area contributed by atoms with Gasteiger partial charge in [-0.1, -0.05) is 0 Å². The molecule has 1 aliphatic heterocycles. The van der Waals surface area contributed by atoms with Gasteiger partial charge in [-0.25, -0.2) is 8.42 Å². The quantitative estimate of drug-likeness (QED) is 0.629. The summed E-state index contributed by atoms with van der Waals surface area (Å²) >= 11 is 0. The first kappa shape index (κ1) is 16.4. The molecule has 1 saturated heterocycles. The van der Waals surface area contributed by atoms with Crippen LogP contribution in [-0.2, 0) is 10.0 Å². The fourth-order valence-corrected chi connectivity index (χ4v) is 4.31. The zero-order chi connectivity index (χ0) is 16.4. The molecule has 7 nitrogen and oxygen atoms in total. The van der Waals surface area contributed by atoms with E-state index < -0.39 is 14.9 Å². The number of nitro benzene ring substituents is 1. The highest BCUT2D eigenvalue weighted by atomic mass is 32.2. The van der Waals surface area contributed by atoms with E-state index in [-0.39, 0.29) is 10.6 Å². The summed E-state index contributed by atoms with van der Waals surface area (Å²) in [6.45, 7) is 2.02. The minimum absolute atomic E-state index is 0.105. The summed E-state index contributed by atoms with van der Waals surface area (Å²) in [6.07, 6.45) is 4.22. The number of nitrogens with one attached hydrogen (secondary N) is 1. The second-order valence-corrected chi connectivity index (χ2v) is 8.22. The highest BCUT2D eigenvalue weighted by Gasteiger charge is 2.30. The Balaban J connectivity index is 1.60. The first-order valence-electron chi connectivity index (χ1n) is 7.95. The van der Waals surface area contributed by atoms with Gasteiger partial charge in [0.15, 0.2) is 0 Å². The van der Waals surface area contributed by atoms with Crippen molar-refractivity contribution in [3.63, 3.8) is 0 Å². The van der Waals surface area contributed by atoms with Gasteiger partial charge in [-0.15, -0.1) is 0 Å². The summed E-state index contributed by atoms with van der Waals surface area (Å²) in [5, 5.41) is 14.2. The van der Waals surface area contributed by atoms with E-state index >= 15 is 0 Å². The van der Waals surface area contributed by atoms with Crippen LogP contribution in [0.3, 0.4) is 0 Å². The lowest BCUT2D eigenvalue weighted by molar-refractivity contribution is -0.384. The lowest BCUT2D eigenvalue weighted by Gasteiger charge is -2.31. The second kappa shape index (κ2) is 6.54. The Bertz CT molecular complexity index is 662. The predicted octanol–water partition coefficient (Wildman–Crippen LogP) is 1.75. The Kier molecular flexibility index (Phi) is 4.65. The number of nitro groups is 1. The summed E-state index contributed by atoms with van der Waals surface area (Å²) < 4.78 is 26.6. The second-order valence-electron chi connectivity index (χ2n) is 6.28. The fraction of sp³-hybridized carbons (Fsp3) is 0.600. The maximum absolute atomic E-state index is 12.6. The maximum atomic E-state index is 12.6. The summed E-state index contributed by atoms with van der Waals surface area (Å²) in [5.41, 5.74) is -0.105. The molecule has 0 spiro atoms.